The summed E-state index contributed by atoms with van der Waals surface area (Å²) >= 11 is 0. The Labute approximate surface area is 133 Å². The molecule has 1 atom stereocenters. The third-order valence-electron chi connectivity index (χ3n) is 3.88. The van der Waals surface area contributed by atoms with Crippen molar-refractivity contribution < 1.29 is 14.4 Å². The molecule has 0 aliphatic carbocycles. The van der Waals surface area contributed by atoms with E-state index in [1.807, 2.05) is 30.5 Å². The fourth-order valence-electron chi connectivity index (χ4n) is 2.78. The van der Waals surface area contributed by atoms with Crippen LogP contribution >= 0.6 is 0 Å². The molecule has 4 amide bonds. The van der Waals surface area contributed by atoms with E-state index in [0.29, 0.717) is 13.0 Å². The molecule has 1 aromatic heterocycles. The number of urea groups is 1. The van der Waals surface area contributed by atoms with Crippen LogP contribution in [0.5, 0.6) is 0 Å². The highest BCUT2D eigenvalue weighted by molar-refractivity contribution is 6.06. The van der Waals surface area contributed by atoms with E-state index < -0.39 is 12.1 Å². The number of carbonyl (C=O) groups is 3. The zero-order valence-electron chi connectivity index (χ0n) is 12.8. The molecule has 0 unspecified atom stereocenters. The molecule has 23 heavy (non-hydrogen) atoms. The molecule has 120 valence electrons. The number of benzene rings is 1. The molecule has 1 saturated heterocycles. The monoisotopic (exact) mass is 314 g/mol. The number of aromatic amines is 1. The lowest BCUT2D eigenvalue weighted by Gasteiger charge is -2.12. The van der Waals surface area contributed by atoms with E-state index in [1.165, 1.54) is 0 Å². The van der Waals surface area contributed by atoms with Gasteiger partial charge in [0.2, 0.25) is 5.91 Å². The van der Waals surface area contributed by atoms with Crippen molar-refractivity contribution in [1.82, 2.24) is 20.5 Å². The van der Waals surface area contributed by atoms with E-state index in [0.717, 1.165) is 21.4 Å². The summed E-state index contributed by atoms with van der Waals surface area (Å²) in [5, 5.41) is 6.25. The molecule has 2 heterocycles. The molecule has 1 fully saturated rings. The molecule has 0 bridgehead atoms. The zero-order valence-corrected chi connectivity index (χ0v) is 12.8. The molecular weight excluding hydrogens is 296 g/mol. The number of para-hydroxylation sites is 1. The van der Waals surface area contributed by atoms with E-state index in [-0.39, 0.29) is 18.4 Å². The number of rotatable bonds is 5. The highest BCUT2D eigenvalue weighted by atomic mass is 16.2. The SMILES string of the molecule is CCNC(=O)CN1C(=O)N[C@@H](Cc2c[nH]c3ccccc23)C1=O. The van der Waals surface area contributed by atoms with Gasteiger partial charge in [-0.25, -0.2) is 4.79 Å². The Hall–Kier alpha value is -2.83. The standard InChI is InChI=1S/C16H18N4O3/c1-2-17-14(21)9-20-15(22)13(19-16(20)23)7-10-8-18-12-6-4-3-5-11(10)12/h3-6,8,13,18H,2,7,9H2,1H3,(H,17,21)(H,19,23)/t13-/m0/s1. The topological polar surface area (TPSA) is 94.3 Å². The maximum absolute atomic E-state index is 12.4. The fourth-order valence-corrected chi connectivity index (χ4v) is 2.78. The Bertz CT molecular complexity index is 768. The first-order valence-electron chi connectivity index (χ1n) is 7.53. The van der Waals surface area contributed by atoms with Gasteiger partial charge in [-0.1, -0.05) is 18.2 Å². The van der Waals surface area contributed by atoms with Gasteiger partial charge in [0, 0.05) is 30.1 Å². The number of imide groups is 1. The molecule has 1 aliphatic rings. The van der Waals surface area contributed by atoms with E-state index in [2.05, 4.69) is 15.6 Å². The zero-order chi connectivity index (χ0) is 16.4. The Balaban J connectivity index is 1.73. The molecule has 3 N–H and O–H groups in total. The van der Waals surface area contributed by atoms with Gasteiger partial charge in [-0.05, 0) is 18.6 Å². The predicted molar refractivity (Wildman–Crippen MR) is 84.7 cm³/mol. The summed E-state index contributed by atoms with van der Waals surface area (Å²) in [6, 6.07) is 6.61. The third kappa shape index (κ3) is 2.90. The molecule has 7 heteroatoms. The number of nitrogens with zero attached hydrogens (tertiary/aromatic N) is 1. The molecule has 1 aliphatic heterocycles. The maximum Gasteiger partial charge on any atom is 0.325 e. The first-order chi connectivity index (χ1) is 11.1. The number of aromatic nitrogens is 1. The van der Waals surface area contributed by atoms with Crippen molar-refractivity contribution >= 4 is 28.7 Å². The minimum Gasteiger partial charge on any atom is -0.361 e. The number of H-pyrrole nitrogens is 1. The van der Waals surface area contributed by atoms with Crippen LogP contribution in [-0.4, -0.2) is 46.9 Å². The summed E-state index contributed by atoms with van der Waals surface area (Å²) in [7, 11) is 0. The minimum atomic E-state index is -0.642. The van der Waals surface area contributed by atoms with Gasteiger partial charge in [0.15, 0.2) is 0 Å². The Morgan fingerprint density at radius 2 is 2.09 bits per heavy atom. The number of likely N-dealkylation sites (N-methyl/N-ethyl adjacent to an activating group) is 1. The second-order valence-electron chi connectivity index (χ2n) is 5.44. The highest BCUT2D eigenvalue weighted by Crippen LogP contribution is 2.21. The lowest BCUT2D eigenvalue weighted by molar-refractivity contribution is -0.132. The second kappa shape index (κ2) is 6.12. The number of fused-ring (bicyclic) bond motifs is 1. The van der Waals surface area contributed by atoms with Gasteiger partial charge in [-0.15, -0.1) is 0 Å². The van der Waals surface area contributed by atoms with Crippen LogP contribution < -0.4 is 10.6 Å². The minimum absolute atomic E-state index is 0.247. The van der Waals surface area contributed by atoms with Gasteiger partial charge in [-0.3, -0.25) is 14.5 Å². The molecule has 0 radical (unpaired) electrons. The number of hydrogen-bond donors (Lipinski definition) is 3. The van der Waals surface area contributed by atoms with Gasteiger partial charge in [-0.2, -0.15) is 0 Å². The first kappa shape index (κ1) is 15.1. The summed E-state index contributed by atoms with van der Waals surface area (Å²) in [6.45, 7) is 1.99. The van der Waals surface area contributed by atoms with Crippen LogP contribution in [0.4, 0.5) is 4.79 Å². The normalized spacial score (nSPS) is 17.6. The van der Waals surface area contributed by atoms with Gasteiger partial charge < -0.3 is 15.6 Å². The maximum atomic E-state index is 12.4. The molecular formula is C16H18N4O3. The molecule has 7 nitrogen and oxygen atoms in total. The Morgan fingerprint density at radius 3 is 2.87 bits per heavy atom. The summed E-state index contributed by atoms with van der Waals surface area (Å²) in [5.41, 5.74) is 1.94. The lowest BCUT2D eigenvalue weighted by Crippen LogP contribution is -2.41. The van der Waals surface area contributed by atoms with E-state index >= 15 is 0 Å². The Kier molecular flexibility index (Phi) is 4.01. The summed E-state index contributed by atoms with van der Waals surface area (Å²) in [5.74, 6) is -0.713. The van der Waals surface area contributed by atoms with Crippen LogP contribution in [0.15, 0.2) is 30.5 Å². The van der Waals surface area contributed by atoms with Crippen molar-refractivity contribution in [3.8, 4) is 0 Å². The van der Waals surface area contributed by atoms with Crippen molar-refractivity contribution in [3.05, 3.63) is 36.0 Å². The molecule has 0 spiro atoms. The van der Waals surface area contributed by atoms with Crippen molar-refractivity contribution in [2.45, 2.75) is 19.4 Å². The summed E-state index contributed by atoms with van der Waals surface area (Å²) in [6.07, 6.45) is 2.23. The smallest absolute Gasteiger partial charge is 0.325 e. The lowest BCUT2D eigenvalue weighted by atomic mass is 10.1. The van der Waals surface area contributed by atoms with Gasteiger partial charge in [0.1, 0.15) is 12.6 Å². The first-order valence-corrected chi connectivity index (χ1v) is 7.53. The van der Waals surface area contributed by atoms with Crippen molar-refractivity contribution in [3.63, 3.8) is 0 Å². The van der Waals surface area contributed by atoms with Gasteiger partial charge >= 0.3 is 6.03 Å². The fraction of sp³-hybridized carbons (Fsp3) is 0.312. The van der Waals surface area contributed by atoms with Crippen LogP contribution in [0.1, 0.15) is 12.5 Å². The second-order valence-corrected chi connectivity index (χ2v) is 5.44. The van der Waals surface area contributed by atoms with Crippen LogP contribution in [0.2, 0.25) is 0 Å². The van der Waals surface area contributed by atoms with Crippen LogP contribution in [0, 0.1) is 0 Å². The molecule has 0 saturated carbocycles. The van der Waals surface area contributed by atoms with Crippen LogP contribution in [0.3, 0.4) is 0 Å². The predicted octanol–water partition coefficient (Wildman–Crippen LogP) is 0.767. The summed E-state index contributed by atoms with van der Waals surface area (Å²) < 4.78 is 0. The van der Waals surface area contributed by atoms with Crippen molar-refractivity contribution in [1.29, 1.82) is 0 Å². The average molecular weight is 314 g/mol. The number of carbonyl (C=O) groups excluding carboxylic acids is 3. The summed E-state index contributed by atoms with van der Waals surface area (Å²) in [4.78, 5) is 40.0. The molecule has 3 rings (SSSR count). The third-order valence-corrected chi connectivity index (χ3v) is 3.88. The number of hydrogen-bond acceptors (Lipinski definition) is 3. The van der Waals surface area contributed by atoms with Gasteiger partial charge in [0.05, 0.1) is 0 Å². The number of nitrogens with one attached hydrogen (secondary N) is 3. The van der Waals surface area contributed by atoms with Crippen molar-refractivity contribution in [2.24, 2.45) is 0 Å². The average Bonchev–Trinajstić information content (AvgIpc) is 3.05. The number of amides is 4. The van der Waals surface area contributed by atoms with E-state index in [9.17, 15) is 14.4 Å². The highest BCUT2D eigenvalue weighted by Gasteiger charge is 2.39. The van der Waals surface area contributed by atoms with E-state index in [1.54, 1.807) is 6.92 Å². The quantitative estimate of drug-likeness (QED) is 0.711. The van der Waals surface area contributed by atoms with E-state index in [4.69, 9.17) is 0 Å². The Morgan fingerprint density at radius 1 is 1.30 bits per heavy atom. The molecule has 2 aromatic rings. The largest absolute Gasteiger partial charge is 0.361 e. The molecule has 1 aromatic carbocycles. The van der Waals surface area contributed by atoms with Gasteiger partial charge in [0.25, 0.3) is 5.91 Å². The van der Waals surface area contributed by atoms with Crippen molar-refractivity contribution in [2.75, 3.05) is 13.1 Å². The van der Waals surface area contributed by atoms with Crippen LogP contribution in [-0.2, 0) is 16.0 Å². The van der Waals surface area contributed by atoms with Crippen LogP contribution in [0.25, 0.3) is 10.9 Å².